The minimum Gasteiger partial charge on any atom is -0.288 e. The molecule has 1 aliphatic carbocycles. The van der Waals surface area contributed by atoms with Crippen LogP contribution in [0.2, 0.25) is 0 Å². The van der Waals surface area contributed by atoms with Gasteiger partial charge in [0, 0.05) is 23.8 Å². The molecule has 0 bridgehead atoms. The number of rotatable bonds is 4. The van der Waals surface area contributed by atoms with E-state index in [4.69, 9.17) is 0 Å². The summed E-state index contributed by atoms with van der Waals surface area (Å²) in [5, 5.41) is 2.59. The fourth-order valence-electron chi connectivity index (χ4n) is 3.50. The SMILES string of the molecule is Cc1ccc(N(C(=O)c2csc(-c3ccccn3)n2)C2CCCCC2)nc1. The summed E-state index contributed by atoms with van der Waals surface area (Å²) in [6, 6.07) is 9.83. The largest absolute Gasteiger partial charge is 0.288 e. The maximum absolute atomic E-state index is 13.4. The van der Waals surface area contributed by atoms with Gasteiger partial charge in [0.1, 0.15) is 16.5 Å². The van der Waals surface area contributed by atoms with Crippen LogP contribution >= 0.6 is 11.3 Å². The zero-order valence-electron chi connectivity index (χ0n) is 15.3. The van der Waals surface area contributed by atoms with Crippen molar-refractivity contribution in [2.75, 3.05) is 4.90 Å². The monoisotopic (exact) mass is 378 g/mol. The molecular weight excluding hydrogens is 356 g/mol. The van der Waals surface area contributed by atoms with Crippen molar-refractivity contribution in [3.63, 3.8) is 0 Å². The van der Waals surface area contributed by atoms with E-state index >= 15 is 0 Å². The third kappa shape index (κ3) is 3.90. The Balaban J connectivity index is 1.66. The maximum atomic E-state index is 13.4. The number of thiazole rings is 1. The molecule has 0 unspecified atom stereocenters. The summed E-state index contributed by atoms with van der Waals surface area (Å²) < 4.78 is 0. The molecule has 0 N–H and O–H groups in total. The minimum atomic E-state index is -0.0725. The first-order valence-electron chi connectivity index (χ1n) is 9.35. The van der Waals surface area contributed by atoms with Crippen molar-refractivity contribution in [3.8, 4) is 10.7 Å². The summed E-state index contributed by atoms with van der Waals surface area (Å²) in [7, 11) is 0. The van der Waals surface area contributed by atoms with Gasteiger partial charge in [-0.2, -0.15) is 0 Å². The Labute approximate surface area is 163 Å². The van der Waals surface area contributed by atoms with E-state index in [9.17, 15) is 4.79 Å². The molecule has 3 aromatic rings. The van der Waals surface area contributed by atoms with Crippen LogP contribution in [-0.2, 0) is 0 Å². The normalized spacial score (nSPS) is 14.9. The number of hydrogen-bond donors (Lipinski definition) is 0. The Kier molecular flexibility index (Phi) is 5.25. The summed E-state index contributed by atoms with van der Waals surface area (Å²) in [6.45, 7) is 2.00. The molecule has 3 heterocycles. The van der Waals surface area contributed by atoms with E-state index in [0.717, 1.165) is 41.9 Å². The van der Waals surface area contributed by atoms with Gasteiger partial charge in [0.15, 0.2) is 0 Å². The van der Waals surface area contributed by atoms with Crippen molar-refractivity contribution in [1.82, 2.24) is 15.0 Å². The van der Waals surface area contributed by atoms with Gasteiger partial charge < -0.3 is 0 Å². The molecule has 0 saturated heterocycles. The van der Waals surface area contributed by atoms with Gasteiger partial charge in [0.05, 0.1) is 5.69 Å². The fraction of sp³-hybridized carbons (Fsp3) is 0.333. The average Bonchev–Trinajstić information content (AvgIpc) is 3.21. The first-order valence-corrected chi connectivity index (χ1v) is 10.2. The van der Waals surface area contributed by atoms with Gasteiger partial charge in [-0.15, -0.1) is 11.3 Å². The zero-order valence-corrected chi connectivity index (χ0v) is 16.2. The standard InChI is InChI=1S/C21H22N4OS/c1-15-10-11-19(23-13-15)25(16-7-3-2-4-8-16)21(26)18-14-27-20(24-18)17-9-5-6-12-22-17/h5-6,9-14,16H,2-4,7-8H2,1H3. The van der Waals surface area contributed by atoms with Crippen molar-refractivity contribution >= 4 is 23.1 Å². The Morgan fingerprint density at radius 3 is 2.67 bits per heavy atom. The summed E-state index contributed by atoms with van der Waals surface area (Å²) in [4.78, 5) is 28.7. The van der Waals surface area contributed by atoms with E-state index in [1.165, 1.54) is 17.8 Å². The molecule has 5 nitrogen and oxygen atoms in total. The van der Waals surface area contributed by atoms with E-state index in [1.54, 1.807) is 6.20 Å². The molecule has 1 saturated carbocycles. The summed E-state index contributed by atoms with van der Waals surface area (Å²) >= 11 is 1.45. The number of aryl methyl sites for hydroxylation is 1. The lowest BCUT2D eigenvalue weighted by Crippen LogP contribution is -2.42. The zero-order chi connectivity index (χ0) is 18.6. The number of hydrogen-bond acceptors (Lipinski definition) is 5. The van der Waals surface area contributed by atoms with Crippen LogP contribution in [0.25, 0.3) is 10.7 Å². The quantitative estimate of drug-likeness (QED) is 0.649. The number of nitrogens with zero attached hydrogens (tertiary/aromatic N) is 4. The smallest absolute Gasteiger partial charge is 0.279 e. The number of aromatic nitrogens is 3. The van der Waals surface area contributed by atoms with Crippen LogP contribution in [0.15, 0.2) is 48.1 Å². The summed E-state index contributed by atoms with van der Waals surface area (Å²) in [6.07, 6.45) is 9.12. The highest BCUT2D eigenvalue weighted by atomic mass is 32.1. The second-order valence-electron chi connectivity index (χ2n) is 6.91. The number of pyridine rings is 2. The Morgan fingerprint density at radius 1 is 1.11 bits per heavy atom. The van der Waals surface area contributed by atoms with Crippen molar-refractivity contribution in [2.45, 2.75) is 45.1 Å². The number of carbonyl (C=O) groups is 1. The molecule has 3 aromatic heterocycles. The number of amides is 1. The van der Waals surface area contributed by atoms with E-state index in [-0.39, 0.29) is 11.9 Å². The lowest BCUT2D eigenvalue weighted by molar-refractivity contribution is 0.0965. The summed E-state index contributed by atoms with van der Waals surface area (Å²) in [5.74, 6) is 0.640. The molecule has 0 radical (unpaired) electrons. The Morgan fingerprint density at radius 2 is 1.96 bits per heavy atom. The molecule has 6 heteroatoms. The van der Waals surface area contributed by atoms with Gasteiger partial charge in [0.2, 0.25) is 0 Å². The topological polar surface area (TPSA) is 59.0 Å². The molecule has 1 aliphatic rings. The van der Waals surface area contributed by atoms with Crippen LogP contribution in [-0.4, -0.2) is 26.9 Å². The lowest BCUT2D eigenvalue weighted by Gasteiger charge is -2.33. The first-order chi connectivity index (χ1) is 13.2. The van der Waals surface area contributed by atoms with Crippen molar-refractivity contribution < 1.29 is 4.79 Å². The molecule has 27 heavy (non-hydrogen) atoms. The highest BCUT2D eigenvalue weighted by molar-refractivity contribution is 7.13. The van der Waals surface area contributed by atoms with Gasteiger partial charge in [-0.3, -0.25) is 14.7 Å². The van der Waals surface area contributed by atoms with Crippen LogP contribution in [0.4, 0.5) is 5.82 Å². The predicted molar refractivity (Wildman–Crippen MR) is 108 cm³/mol. The minimum absolute atomic E-state index is 0.0725. The second-order valence-corrected chi connectivity index (χ2v) is 7.77. The maximum Gasteiger partial charge on any atom is 0.279 e. The van der Waals surface area contributed by atoms with E-state index in [2.05, 4.69) is 15.0 Å². The van der Waals surface area contributed by atoms with Crippen LogP contribution < -0.4 is 4.90 Å². The predicted octanol–water partition coefficient (Wildman–Crippen LogP) is 4.89. The second kappa shape index (κ2) is 7.96. The molecule has 1 amide bonds. The van der Waals surface area contributed by atoms with Gasteiger partial charge in [-0.25, -0.2) is 9.97 Å². The average molecular weight is 379 g/mol. The molecular formula is C21H22N4OS. The van der Waals surface area contributed by atoms with Crippen molar-refractivity contribution in [1.29, 1.82) is 0 Å². The highest BCUT2D eigenvalue weighted by Gasteiger charge is 2.30. The van der Waals surface area contributed by atoms with Crippen LogP contribution in [0.1, 0.15) is 48.2 Å². The van der Waals surface area contributed by atoms with E-state index in [1.807, 2.05) is 53.7 Å². The number of carbonyl (C=O) groups excluding carboxylic acids is 1. The van der Waals surface area contributed by atoms with Crippen LogP contribution in [0, 0.1) is 6.92 Å². The Hall–Kier alpha value is -2.60. The Bertz CT molecular complexity index is 901. The molecule has 0 aromatic carbocycles. The van der Waals surface area contributed by atoms with Gasteiger partial charge in [0.25, 0.3) is 5.91 Å². The van der Waals surface area contributed by atoms with Gasteiger partial charge >= 0.3 is 0 Å². The molecule has 0 spiro atoms. The molecule has 0 aliphatic heterocycles. The highest BCUT2D eigenvalue weighted by Crippen LogP contribution is 2.29. The van der Waals surface area contributed by atoms with Crippen LogP contribution in [0.5, 0.6) is 0 Å². The molecule has 0 atom stereocenters. The van der Waals surface area contributed by atoms with E-state index < -0.39 is 0 Å². The first kappa shape index (κ1) is 17.8. The molecule has 1 fully saturated rings. The fourth-order valence-corrected chi connectivity index (χ4v) is 4.27. The van der Waals surface area contributed by atoms with E-state index in [0.29, 0.717) is 11.5 Å². The lowest BCUT2D eigenvalue weighted by atomic mass is 9.94. The van der Waals surface area contributed by atoms with Gasteiger partial charge in [-0.1, -0.05) is 31.4 Å². The van der Waals surface area contributed by atoms with Crippen molar-refractivity contribution in [2.24, 2.45) is 0 Å². The third-order valence-electron chi connectivity index (χ3n) is 4.91. The van der Waals surface area contributed by atoms with Gasteiger partial charge in [-0.05, 0) is 43.5 Å². The third-order valence-corrected chi connectivity index (χ3v) is 5.77. The number of anilines is 1. The molecule has 4 rings (SSSR count). The van der Waals surface area contributed by atoms with Crippen LogP contribution in [0.3, 0.4) is 0 Å². The van der Waals surface area contributed by atoms with Crippen molar-refractivity contribution in [3.05, 3.63) is 59.4 Å². The molecule has 138 valence electrons. The summed E-state index contributed by atoms with van der Waals surface area (Å²) in [5.41, 5.74) is 2.34.